The van der Waals surface area contributed by atoms with Crippen LogP contribution in [0.4, 0.5) is 11.6 Å². The van der Waals surface area contributed by atoms with Crippen molar-refractivity contribution >= 4 is 11.6 Å². The number of fused-ring (bicyclic) bond motifs is 1. The molecule has 1 saturated heterocycles. The summed E-state index contributed by atoms with van der Waals surface area (Å²) in [7, 11) is 0. The number of anilines is 2. The second-order valence-corrected chi connectivity index (χ2v) is 7.20. The molecule has 0 aliphatic carbocycles. The van der Waals surface area contributed by atoms with Crippen molar-refractivity contribution in [1.29, 1.82) is 0 Å². The summed E-state index contributed by atoms with van der Waals surface area (Å²) in [5.74, 6) is 2.83. The number of nitrogens with zero attached hydrogens (tertiary/aromatic N) is 4. The molecule has 6 nitrogen and oxygen atoms in total. The van der Waals surface area contributed by atoms with Crippen molar-refractivity contribution in [3.63, 3.8) is 0 Å². The van der Waals surface area contributed by atoms with E-state index in [0.717, 1.165) is 50.9 Å². The lowest BCUT2D eigenvalue weighted by atomic mass is 10.1. The van der Waals surface area contributed by atoms with Gasteiger partial charge in [-0.25, -0.2) is 9.67 Å². The lowest BCUT2D eigenvalue weighted by Gasteiger charge is -2.25. The smallest absolute Gasteiger partial charge is 0.128 e. The van der Waals surface area contributed by atoms with Gasteiger partial charge in [-0.3, -0.25) is 0 Å². The number of rotatable bonds is 5. The number of aromatic nitrogens is 3. The summed E-state index contributed by atoms with van der Waals surface area (Å²) in [6.07, 6.45) is 9.17. The van der Waals surface area contributed by atoms with Crippen LogP contribution in [0, 0.1) is 5.92 Å². The third kappa shape index (κ3) is 4.12. The van der Waals surface area contributed by atoms with E-state index in [4.69, 9.17) is 4.98 Å². The molecule has 2 aliphatic rings. The monoisotopic (exact) mass is 340 g/mol. The molecule has 4 heterocycles. The summed E-state index contributed by atoms with van der Waals surface area (Å²) in [6.45, 7) is 6.14. The van der Waals surface area contributed by atoms with Crippen LogP contribution in [0.3, 0.4) is 0 Å². The molecule has 0 radical (unpaired) electrons. The van der Waals surface area contributed by atoms with Crippen LogP contribution in [0.5, 0.6) is 0 Å². The Morgan fingerprint density at radius 2 is 2.00 bits per heavy atom. The number of nitrogens with one attached hydrogen (secondary N) is 2. The van der Waals surface area contributed by atoms with Crippen molar-refractivity contribution in [2.75, 3.05) is 36.4 Å². The molecule has 2 aliphatic heterocycles. The number of pyridine rings is 1. The molecule has 1 fully saturated rings. The Morgan fingerprint density at radius 3 is 2.80 bits per heavy atom. The second-order valence-electron chi connectivity index (χ2n) is 7.20. The lowest BCUT2D eigenvalue weighted by molar-refractivity contribution is 0.391. The fraction of sp³-hybridized carbons (Fsp3) is 0.579. The molecule has 2 aromatic rings. The molecule has 6 heteroatoms. The van der Waals surface area contributed by atoms with E-state index in [0.29, 0.717) is 5.92 Å². The molecule has 134 valence electrons. The molecule has 0 saturated carbocycles. The third-order valence-electron chi connectivity index (χ3n) is 5.22. The highest BCUT2D eigenvalue weighted by molar-refractivity contribution is 5.39. The Hall–Kier alpha value is -2.08. The summed E-state index contributed by atoms with van der Waals surface area (Å²) < 4.78 is 2.05. The zero-order chi connectivity index (χ0) is 16.9. The van der Waals surface area contributed by atoms with E-state index in [1.165, 1.54) is 31.2 Å². The highest BCUT2D eigenvalue weighted by atomic mass is 15.3. The Balaban J connectivity index is 1.24. The van der Waals surface area contributed by atoms with Crippen molar-refractivity contribution in [1.82, 2.24) is 20.1 Å². The Morgan fingerprint density at radius 1 is 1.12 bits per heavy atom. The van der Waals surface area contributed by atoms with Crippen molar-refractivity contribution < 1.29 is 0 Å². The quantitative estimate of drug-likeness (QED) is 0.876. The Labute approximate surface area is 149 Å². The number of hydrogen-bond acceptors (Lipinski definition) is 5. The van der Waals surface area contributed by atoms with Gasteiger partial charge in [-0.15, -0.1) is 0 Å². The summed E-state index contributed by atoms with van der Waals surface area (Å²) in [5, 5.41) is 11.3. The predicted octanol–water partition coefficient (Wildman–Crippen LogP) is 2.49. The maximum absolute atomic E-state index is 4.69. The van der Waals surface area contributed by atoms with Crippen molar-refractivity contribution in [3.8, 4) is 0 Å². The first-order valence-corrected chi connectivity index (χ1v) is 9.55. The third-order valence-corrected chi connectivity index (χ3v) is 5.22. The predicted molar refractivity (Wildman–Crippen MR) is 101 cm³/mol. The van der Waals surface area contributed by atoms with Gasteiger partial charge in [-0.05, 0) is 24.5 Å². The molecule has 0 unspecified atom stereocenters. The van der Waals surface area contributed by atoms with E-state index in [9.17, 15) is 0 Å². The summed E-state index contributed by atoms with van der Waals surface area (Å²) in [4.78, 5) is 7.12. The summed E-state index contributed by atoms with van der Waals surface area (Å²) >= 11 is 0. The molecule has 4 rings (SSSR count). The van der Waals surface area contributed by atoms with E-state index in [1.807, 2.05) is 23.1 Å². The molecule has 0 bridgehead atoms. The van der Waals surface area contributed by atoms with Crippen LogP contribution in [-0.4, -0.2) is 40.9 Å². The molecule has 1 atom stereocenters. The van der Waals surface area contributed by atoms with Crippen molar-refractivity contribution in [2.45, 2.75) is 38.8 Å². The minimum Gasteiger partial charge on any atom is -0.370 e. The first-order chi connectivity index (χ1) is 12.4. The average molecular weight is 340 g/mol. The minimum atomic E-state index is 0.566. The fourth-order valence-electron chi connectivity index (χ4n) is 3.75. The van der Waals surface area contributed by atoms with E-state index >= 15 is 0 Å². The molecule has 2 aromatic heterocycles. The van der Waals surface area contributed by atoms with Crippen molar-refractivity contribution in [2.24, 2.45) is 5.92 Å². The summed E-state index contributed by atoms with van der Waals surface area (Å²) in [6, 6.07) is 6.42. The molecular weight excluding hydrogens is 312 g/mol. The van der Waals surface area contributed by atoms with E-state index in [1.54, 1.807) is 0 Å². The molecule has 0 amide bonds. The Bertz CT molecular complexity index is 657. The first kappa shape index (κ1) is 16.4. The second kappa shape index (κ2) is 7.87. The SMILES string of the molecule is c1cc2n(n1)C[C@@H](CNCc1ccc(N3CCCCCC3)nc1)CN2. The van der Waals surface area contributed by atoms with E-state index < -0.39 is 0 Å². The highest BCUT2D eigenvalue weighted by Crippen LogP contribution is 2.18. The molecule has 25 heavy (non-hydrogen) atoms. The molecule has 0 aromatic carbocycles. The van der Waals surface area contributed by atoms with Crippen LogP contribution >= 0.6 is 0 Å². The van der Waals surface area contributed by atoms with Crippen LogP contribution in [0.25, 0.3) is 0 Å². The topological polar surface area (TPSA) is 58.0 Å². The largest absolute Gasteiger partial charge is 0.370 e. The average Bonchev–Trinajstić information content (AvgIpc) is 2.94. The van der Waals surface area contributed by atoms with Crippen LogP contribution in [0.2, 0.25) is 0 Å². The maximum atomic E-state index is 4.69. The molecule has 0 spiro atoms. The van der Waals surface area contributed by atoms with Crippen LogP contribution in [-0.2, 0) is 13.1 Å². The van der Waals surface area contributed by atoms with Gasteiger partial charge in [-0.2, -0.15) is 5.10 Å². The van der Waals surface area contributed by atoms with Gasteiger partial charge in [0.2, 0.25) is 0 Å². The fourth-order valence-corrected chi connectivity index (χ4v) is 3.75. The van der Waals surface area contributed by atoms with Gasteiger partial charge in [0.05, 0.1) is 6.20 Å². The van der Waals surface area contributed by atoms with Crippen molar-refractivity contribution in [3.05, 3.63) is 36.2 Å². The summed E-state index contributed by atoms with van der Waals surface area (Å²) in [5.41, 5.74) is 1.25. The van der Waals surface area contributed by atoms with Gasteiger partial charge in [0.25, 0.3) is 0 Å². The van der Waals surface area contributed by atoms with Gasteiger partial charge in [0.1, 0.15) is 11.6 Å². The standard InChI is InChI=1S/C19H28N6/c1-2-4-10-24(9-3-1)18-6-5-16(13-21-18)11-20-12-17-14-22-19-7-8-23-25(19)15-17/h5-8,13,17,20,22H,1-4,9-12,14-15H2/t17-/m0/s1. The van der Waals surface area contributed by atoms with E-state index in [2.05, 4.69) is 32.8 Å². The zero-order valence-electron chi connectivity index (χ0n) is 14.8. The van der Waals surface area contributed by atoms with Gasteiger partial charge in [0.15, 0.2) is 0 Å². The van der Waals surface area contributed by atoms with Crippen LogP contribution < -0.4 is 15.5 Å². The van der Waals surface area contributed by atoms with Gasteiger partial charge >= 0.3 is 0 Å². The number of hydrogen-bond donors (Lipinski definition) is 2. The Kier molecular flexibility index (Phi) is 5.16. The van der Waals surface area contributed by atoms with Gasteiger partial charge in [-0.1, -0.05) is 18.9 Å². The molecular formula is C19H28N6. The van der Waals surface area contributed by atoms with Gasteiger partial charge in [0, 0.05) is 57.4 Å². The first-order valence-electron chi connectivity index (χ1n) is 9.55. The highest BCUT2D eigenvalue weighted by Gasteiger charge is 2.17. The van der Waals surface area contributed by atoms with Gasteiger partial charge < -0.3 is 15.5 Å². The lowest BCUT2D eigenvalue weighted by Crippen LogP contribution is -2.35. The van der Waals surface area contributed by atoms with Crippen LogP contribution in [0.1, 0.15) is 31.2 Å². The maximum Gasteiger partial charge on any atom is 0.128 e. The van der Waals surface area contributed by atoms with Crippen LogP contribution in [0.15, 0.2) is 30.6 Å². The minimum absolute atomic E-state index is 0.566. The zero-order valence-corrected chi connectivity index (χ0v) is 14.8. The molecule has 2 N–H and O–H groups in total. The van der Waals surface area contributed by atoms with E-state index in [-0.39, 0.29) is 0 Å². The normalized spacial score (nSPS) is 20.6.